The van der Waals surface area contributed by atoms with Crippen LogP contribution >= 0.6 is 0 Å². The first-order valence-electron chi connectivity index (χ1n) is 6.22. The Hall–Kier alpha value is -1.76. The van der Waals surface area contributed by atoms with Crippen LogP contribution in [-0.2, 0) is 6.54 Å². The van der Waals surface area contributed by atoms with Crippen LogP contribution < -0.4 is 4.90 Å². The Kier molecular flexibility index (Phi) is 2.60. The predicted octanol–water partition coefficient (Wildman–Crippen LogP) is 3.81. The van der Waals surface area contributed by atoms with E-state index in [1.807, 2.05) is 0 Å². The maximum atomic E-state index is 2.48. The molecule has 0 aliphatic carbocycles. The Morgan fingerprint density at radius 3 is 2.53 bits per heavy atom. The average molecular weight is 223 g/mol. The molecule has 1 atom stereocenters. The topological polar surface area (TPSA) is 3.24 Å². The zero-order chi connectivity index (χ0) is 11.7. The molecule has 0 N–H and O–H groups in total. The lowest BCUT2D eigenvalue weighted by molar-refractivity contribution is 0.746. The molecule has 0 aromatic heterocycles. The minimum atomic E-state index is 0.648. The van der Waals surface area contributed by atoms with Gasteiger partial charge in [0.15, 0.2) is 0 Å². The van der Waals surface area contributed by atoms with Crippen LogP contribution in [0.4, 0.5) is 5.69 Å². The van der Waals surface area contributed by atoms with Crippen LogP contribution in [0.25, 0.3) is 0 Å². The van der Waals surface area contributed by atoms with Crippen molar-refractivity contribution in [2.45, 2.75) is 19.4 Å². The first kappa shape index (κ1) is 10.4. The molecule has 1 heterocycles. The molecule has 0 saturated carbocycles. The summed E-state index contributed by atoms with van der Waals surface area (Å²) in [5.74, 6) is 0.648. The molecule has 17 heavy (non-hydrogen) atoms. The number of anilines is 1. The molecule has 0 fully saturated rings. The van der Waals surface area contributed by atoms with Crippen molar-refractivity contribution in [1.82, 2.24) is 0 Å². The molecule has 1 heteroatoms. The van der Waals surface area contributed by atoms with Crippen molar-refractivity contribution in [2.75, 3.05) is 11.4 Å². The molecule has 3 rings (SSSR count). The zero-order valence-corrected chi connectivity index (χ0v) is 10.1. The SMILES string of the molecule is C[C@@H]1CN(Cc2ccccc2)c2ccccc21. The third kappa shape index (κ3) is 1.93. The number of hydrogen-bond donors (Lipinski definition) is 0. The van der Waals surface area contributed by atoms with E-state index in [0.717, 1.165) is 13.1 Å². The summed E-state index contributed by atoms with van der Waals surface area (Å²) in [6.45, 7) is 4.46. The molecule has 0 amide bonds. The molecule has 1 aliphatic heterocycles. The van der Waals surface area contributed by atoms with Crippen LogP contribution in [0.5, 0.6) is 0 Å². The minimum Gasteiger partial charge on any atom is -0.366 e. The summed E-state index contributed by atoms with van der Waals surface area (Å²) < 4.78 is 0. The van der Waals surface area contributed by atoms with E-state index >= 15 is 0 Å². The smallest absolute Gasteiger partial charge is 0.0429 e. The van der Waals surface area contributed by atoms with Gasteiger partial charge >= 0.3 is 0 Å². The highest BCUT2D eigenvalue weighted by atomic mass is 15.1. The summed E-state index contributed by atoms with van der Waals surface area (Å²) in [5, 5.41) is 0. The predicted molar refractivity (Wildman–Crippen MR) is 72.3 cm³/mol. The normalized spacial score (nSPS) is 18.2. The number of nitrogens with zero attached hydrogens (tertiary/aromatic N) is 1. The number of para-hydroxylation sites is 1. The molecule has 0 bridgehead atoms. The van der Waals surface area contributed by atoms with E-state index < -0.39 is 0 Å². The van der Waals surface area contributed by atoms with Gasteiger partial charge in [0.25, 0.3) is 0 Å². The second-order valence-corrected chi connectivity index (χ2v) is 4.83. The number of rotatable bonds is 2. The third-order valence-electron chi connectivity index (χ3n) is 3.52. The maximum absolute atomic E-state index is 2.48. The highest BCUT2D eigenvalue weighted by molar-refractivity contribution is 5.60. The van der Waals surface area contributed by atoms with Crippen LogP contribution in [-0.4, -0.2) is 6.54 Å². The zero-order valence-electron chi connectivity index (χ0n) is 10.1. The summed E-state index contributed by atoms with van der Waals surface area (Å²) in [5.41, 5.74) is 4.28. The Morgan fingerprint density at radius 2 is 1.71 bits per heavy atom. The molecule has 0 spiro atoms. The van der Waals surface area contributed by atoms with E-state index in [1.54, 1.807) is 0 Å². The molecular formula is C16H17N. The van der Waals surface area contributed by atoms with E-state index in [0.29, 0.717) is 5.92 Å². The van der Waals surface area contributed by atoms with Crippen LogP contribution in [0.3, 0.4) is 0 Å². The second kappa shape index (κ2) is 4.25. The highest BCUT2D eigenvalue weighted by Crippen LogP contribution is 2.36. The first-order valence-corrected chi connectivity index (χ1v) is 6.22. The van der Waals surface area contributed by atoms with Gasteiger partial charge in [-0.05, 0) is 17.2 Å². The number of hydrogen-bond acceptors (Lipinski definition) is 1. The van der Waals surface area contributed by atoms with Gasteiger partial charge in [-0.15, -0.1) is 0 Å². The standard InChI is InChI=1S/C16H17N/c1-13-11-17(12-14-7-3-2-4-8-14)16-10-6-5-9-15(13)16/h2-10,13H,11-12H2,1H3/t13-/m1/s1. The largest absolute Gasteiger partial charge is 0.366 e. The van der Waals surface area contributed by atoms with Crippen molar-refractivity contribution >= 4 is 5.69 Å². The Morgan fingerprint density at radius 1 is 1.00 bits per heavy atom. The van der Waals surface area contributed by atoms with Crippen molar-refractivity contribution in [1.29, 1.82) is 0 Å². The van der Waals surface area contributed by atoms with Gasteiger partial charge in [-0.3, -0.25) is 0 Å². The summed E-state index contributed by atoms with van der Waals surface area (Å²) in [7, 11) is 0. The fourth-order valence-electron chi connectivity index (χ4n) is 2.67. The summed E-state index contributed by atoms with van der Waals surface area (Å²) >= 11 is 0. The molecule has 0 saturated heterocycles. The third-order valence-corrected chi connectivity index (χ3v) is 3.52. The summed E-state index contributed by atoms with van der Waals surface area (Å²) in [6.07, 6.45) is 0. The van der Waals surface area contributed by atoms with Crippen molar-refractivity contribution in [3.63, 3.8) is 0 Å². The van der Waals surface area contributed by atoms with Crippen LogP contribution in [0.1, 0.15) is 24.0 Å². The lowest BCUT2D eigenvalue weighted by Gasteiger charge is -2.19. The Balaban J connectivity index is 1.87. The summed E-state index contributed by atoms with van der Waals surface area (Å²) in [6, 6.07) is 19.5. The molecule has 2 aromatic rings. The molecule has 0 radical (unpaired) electrons. The van der Waals surface area contributed by atoms with Crippen molar-refractivity contribution < 1.29 is 0 Å². The number of benzene rings is 2. The van der Waals surface area contributed by atoms with E-state index in [-0.39, 0.29) is 0 Å². The monoisotopic (exact) mass is 223 g/mol. The van der Waals surface area contributed by atoms with Gasteiger partial charge in [-0.1, -0.05) is 55.5 Å². The van der Waals surface area contributed by atoms with E-state index in [2.05, 4.69) is 66.4 Å². The molecular weight excluding hydrogens is 206 g/mol. The van der Waals surface area contributed by atoms with Gasteiger partial charge in [-0.25, -0.2) is 0 Å². The van der Waals surface area contributed by atoms with Crippen LogP contribution in [0, 0.1) is 0 Å². The van der Waals surface area contributed by atoms with E-state index in [1.165, 1.54) is 16.8 Å². The van der Waals surface area contributed by atoms with E-state index in [9.17, 15) is 0 Å². The fourth-order valence-corrected chi connectivity index (χ4v) is 2.67. The van der Waals surface area contributed by atoms with Crippen molar-refractivity contribution in [3.8, 4) is 0 Å². The second-order valence-electron chi connectivity index (χ2n) is 4.83. The fraction of sp³-hybridized carbons (Fsp3) is 0.250. The minimum absolute atomic E-state index is 0.648. The summed E-state index contributed by atoms with van der Waals surface area (Å²) in [4.78, 5) is 2.48. The lowest BCUT2D eigenvalue weighted by atomic mass is 10.0. The molecule has 0 unspecified atom stereocenters. The van der Waals surface area contributed by atoms with Gasteiger partial charge in [0.05, 0.1) is 0 Å². The van der Waals surface area contributed by atoms with Gasteiger partial charge in [-0.2, -0.15) is 0 Å². The van der Waals surface area contributed by atoms with Gasteiger partial charge in [0.2, 0.25) is 0 Å². The molecule has 1 nitrogen and oxygen atoms in total. The Labute approximate surface area is 103 Å². The molecule has 86 valence electrons. The van der Waals surface area contributed by atoms with Crippen LogP contribution in [0.2, 0.25) is 0 Å². The van der Waals surface area contributed by atoms with Gasteiger partial charge < -0.3 is 4.90 Å². The number of fused-ring (bicyclic) bond motifs is 1. The molecule has 1 aliphatic rings. The van der Waals surface area contributed by atoms with E-state index in [4.69, 9.17) is 0 Å². The first-order chi connectivity index (χ1) is 8.34. The molecule has 2 aromatic carbocycles. The highest BCUT2D eigenvalue weighted by Gasteiger charge is 2.24. The quantitative estimate of drug-likeness (QED) is 0.748. The average Bonchev–Trinajstić information content (AvgIpc) is 2.69. The maximum Gasteiger partial charge on any atom is 0.0429 e. The van der Waals surface area contributed by atoms with Crippen molar-refractivity contribution in [2.24, 2.45) is 0 Å². The Bertz CT molecular complexity index is 504. The van der Waals surface area contributed by atoms with Crippen molar-refractivity contribution in [3.05, 3.63) is 65.7 Å². The lowest BCUT2D eigenvalue weighted by Crippen LogP contribution is -2.20. The van der Waals surface area contributed by atoms with Gasteiger partial charge in [0, 0.05) is 24.7 Å². The van der Waals surface area contributed by atoms with Crippen LogP contribution in [0.15, 0.2) is 54.6 Å². The van der Waals surface area contributed by atoms with Gasteiger partial charge in [0.1, 0.15) is 0 Å².